The van der Waals surface area contributed by atoms with Gasteiger partial charge in [0.15, 0.2) is 11.5 Å². The van der Waals surface area contributed by atoms with E-state index in [9.17, 15) is 14.7 Å². The van der Waals surface area contributed by atoms with Crippen LogP contribution in [0.2, 0.25) is 0 Å². The van der Waals surface area contributed by atoms with Crippen LogP contribution in [0.3, 0.4) is 0 Å². The molecule has 0 saturated carbocycles. The third-order valence-corrected chi connectivity index (χ3v) is 5.11. The minimum Gasteiger partial charge on any atom is -0.480 e. The minimum absolute atomic E-state index is 0.0664. The van der Waals surface area contributed by atoms with E-state index in [4.69, 9.17) is 17.2 Å². The summed E-state index contributed by atoms with van der Waals surface area (Å²) in [5, 5.41) is 12.7. The summed E-state index contributed by atoms with van der Waals surface area (Å²) < 4.78 is 0. The normalized spacial score (nSPS) is 12.9. The Kier molecular flexibility index (Phi) is 7.61. The lowest BCUT2D eigenvalue weighted by molar-refractivity contribution is -0.141. The van der Waals surface area contributed by atoms with E-state index >= 15 is 0 Å². The fourth-order valence-electron chi connectivity index (χ4n) is 2.51. The number of pyridine rings is 1. The first kappa shape index (κ1) is 21.5. The van der Waals surface area contributed by atoms with Gasteiger partial charge in [-0.25, -0.2) is 4.79 Å². The number of aliphatic carboxylic acids is 1. The number of rotatable bonds is 11. The van der Waals surface area contributed by atoms with Gasteiger partial charge >= 0.3 is 5.97 Å². The van der Waals surface area contributed by atoms with Gasteiger partial charge in [-0.2, -0.15) is 0 Å². The Labute approximate surface area is 166 Å². The zero-order chi connectivity index (χ0) is 20.6. The fraction of sp³-hybridized carbons (Fsp3) is 0.333. The summed E-state index contributed by atoms with van der Waals surface area (Å²) in [7, 11) is 0. The van der Waals surface area contributed by atoms with Gasteiger partial charge in [-0.3, -0.25) is 14.8 Å². The van der Waals surface area contributed by atoms with Crippen molar-refractivity contribution < 1.29 is 14.7 Å². The van der Waals surface area contributed by atoms with E-state index in [0.717, 1.165) is 10.6 Å². The van der Waals surface area contributed by atoms with E-state index < -0.39 is 17.3 Å². The SMILES string of the molecule is NC(N)=NCCC[C@](N)(C(=O)O)C(=O)c1ccc(CNCc2ccccn2)s1. The topological polar surface area (TPSA) is 170 Å². The molecule has 2 aromatic heterocycles. The largest absolute Gasteiger partial charge is 0.480 e. The van der Waals surface area contributed by atoms with E-state index in [1.54, 1.807) is 18.3 Å². The van der Waals surface area contributed by atoms with Crippen LogP contribution in [0.1, 0.15) is 33.1 Å². The third kappa shape index (κ3) is 5.84. The van der Waals surface area contributed by atoms with Gasteiger partial charge in [-0.15, -0.1) is 11.3 Å². The molecule has 0 aliphatic rings. The van der Waals surface area contributed by atoms with Crippen LogP contribution in [0.15, 0.2) is 41.5 Å². The van der Waals surface area contributed by atoms with E-state index in [1.165, 1.54) is 11.3 Å². The van der Waals surface area contributed by atoms with Crippen LogP contribution in [0.5, 0.6) is 0 Å². The number of aliphatic imine (C=N–C) groups is 1. The van der Waals surface area contributed by atoms with Crippen LogP contribution in [-0.2, 0) is 17.9 Å². The number of carboxylic acids is 1. The maximum atomic E-state index is 12.7. The summed E-state index contributed by atoms with van der Waals surface area (Å²) >= 11 is 1.22. The summed E-state index contributed by atoms with van der Waals surface area (Å²) in [5.41, 5.74) is 15.3. The van der Waals surface area contributed by atoms with Gasteiger partial charge in [0.25, 0.3) is 0 Å². The molecule has 2 rings (SSSR count). The molecule has 0 aliphatic heterocycles. The van der Waals surface area contributed by atoms with Gasteiger partial charge in [0.05, 0.1) is 10.6 Å². The highest BCUT2D eigenvalue weighted by Crippen LogP contribution is 2.24. The van der Waals surface area contributed by atoms with Crippen LogP contribution in [0.4, 0.5) is 0 Å². The second-order valence-corrected chi connectivity index (χ2v) is 7.37. The maximum absolute atomic E-state index is 12.7. The molecule has 28 heavy (non-hydrogen) atoms. The first-order valence-corrected chi connectivity index (χ1v) is 9.46. The van der Waals surface area contributed by atoms with E-state index in [1.807, 2.05) is 18.2 Å². The zero-order valence-electron chi connectivity index (χ0n) is 15.3. The third-order valence-electron chi connectivity index (χ3n) is 4.03. The maximum Gasteiger partial charge on any atom is 0.331 e. The second kappa shape index (κ2) is 9.93. The number of carbonyl (C=O) groups is 2. The number of ketones is 1. The van der Waals surface area contributed by atoms with Crippen LogP contribution in [-0.4, -0.2) is 39.9 Å². The van der Waals surface area contributed by atoms with E-state index in [-0.39, 0.29) is 25.3 Å². The first-order chi connectivity index (χ1) is 13.3. The van der Waals surface area contributed by atoms with Gasteiger partial charge < -0.3 is 27.6 Å². The molecule has 0 radical (unpaired) electrons. The number of carbonyl (C=O) groups excluding carboxylic acids is 1. The van der Waals surface area contributed by atoms with E-state index in [2.05, 4.69) is 15.3 Å². The van der Waals surface area contributed by atoms with Crippen LogP contribution < -0.4 is 22.5 Å². The molecule has 0 fully saturated rings. The van der Waals surface area contributed by atoms with Crippen molar-refractivity contribution >= 4 is 29.0 Å². The number of nitrogens with zero attached hydrogens (tertiary/aromatic N) is 2. The molecule has 0 unspecified atom stereocenters. The Hall–Kier alpha value is -2.82. The number of thiophene rings is 1. The van der Waals surface area contributed by atoms with Crippen molar-refractivity contribution in [3.8, 4) is 0 Å². The molecular formula is C18H24N6O3S. The van der Waals surface area contributed by atoms with Crippen molar-refractivity contribution in [2.45, 2.75) is 31.5 Å². The van der Waals surface area contributed by atoms with Crippen molar-refractivity contribution in [3.63, 3.8) is 0 Å². The van der Waals surface area contributed by atoms with Crippen molar-refractivity contribution in [2.24, 2.45) is 22.2 Å². The Bertz CT molecular complexity index is 835. The summed E-state index contributed by atoms with van der Waals surface area (Å²) in [6, 6.07) is 9.05. The van der Waals surface area contributed by atoms with Crippen molar-refractivity contribution in [2.75, 3.05) is 6.54 Å². The Morgan fingerprint density at radius 2 is 2.00 bits per heavy atom. The number of nitrogens with two attached hydrogens (primary N) is 3. The highest BCUT2D eigenvalue weighted by atomic mass is 32.1. The summed E-state index contributed by atoms with van der Waals surface area (Å²) in [5.74, 6) is -2.08. The van der Waals surface area contributed by atoms with Crippen molar-refractivity contribution in [3.05, 3.63) is 52.0 Å². The first-order valence-electron chi connectivity index (χ1n) is 8.64. The second-order valence-electron chi connectivity index (χ2n) is 6.21. The lowest BCUT2D eigenvalue weighted by Gasteiger charge is -2.22. The predicted octanol–water partition coefficient (Wildman–Crippen LogP) is 0.451. The number of carboxylic acid groups (broad SMARTS) is 1. The summed E-state index contributed by atoms with van der Waals surface area (Å²) in [6.45, 7) is 1.32. The smallest absolute Gasteiger partial charge is 0.331 e. The minimum atomic E-state index is -2.01. The number of nitrogens with one attached hydrogen (secondary N) is 1. The Morgan fingerprint density at radius 3 is 2.64 bits per heavy atom. The highest BCUT2D eigenvalue weighted by molar-refractivity contribution is 7.14. The van der Waals surface area contributed by atoms with Gasteiger partial charge in [0, 0.05) is 30.7 Å². The number of hydrogen-bond donors (Lipinski definition) is 5. The molecule has 8 N–H and O–H groups in total. The molecule has 9 nitrogen and oxygen atoms in total. The molecule has 1 atom stereocenters. The van der Waals surface area contributed by atoms with Crippen LogP contribution in [0.25, 0.3) is 0 Å². The summed E-state index contributed by atoms with van der Waals surface area (Å²) in [4.78, 5) is 33.6. The number of guanidine groups is 1. The van der Waals surface area contributed by atoms with Gasteiger partial charge in [-0.1, -0.05) is 6.07 Å². The molecular weight excluding hydrogens is 380 g/mol. The fourth-order valence-corrected chi connectivity index (χ4v) is 3.52. The molecule has 0 bridgehead atoms. The van der Waals surface area contributed by atoms with Crippen molar-refractivity contribution in [1.29, 1.82) is 0 Å². The average molecular weight is 404 g/mol. The molecule has 0 aliphatic carbocycles. The molecule has 0 spiro atoms. The predicted molar refractivity (Wildman–Crippen MR) is 108 cm³/mol. The molecule has 10 heteroatoms. The van der Waals surface area contributed by atoms with E-state index in [0.29, 0.717) is 18.0 Å². The van der Waals surface area contributed by atoms with Crippen LogP contribution in [0, 0.1) is 0 Å². The lowest BCUT2D eigenvalue weighted by atomic mass is 9.89. The number of aromatic nitrogens is 1. The monoisotopic (exact) mass is 404 g/mol. The molecule has 150 valence electrons. The zero-order valence-corrected chi connectivity index (χ0v) is 16.1. The Balaban J connectivity index is 1.97. The quantitative estimate of drug-likeness (QED) is 0.118. The molecule has 2 heterocycles. The Morgan fingerprint density at radius 1 is 1.21 bits per heavy atom. The molecule has 0 saturated heterocycles. The van der Waals surface area contributed by atoms with Gasteiger partial charge in [-0.05, 0) is 37.1 Å². The standard InChI is InChI=1S/C18H24N6O3S/c19-17(20)24-9-3-7-18(21,16(26)27)15(25)14-6-5-13(28-14)11-22-10-12-4-1-2-8-23-12/h1-2,4-6,8,22H,3,7,9-11,21H2,(H,26,27)(H4,19,20,24)/t18-/m1/s1. The average Bonchev–Trinajstić information content (AvgIpc) is 3.13. The van der Waals surface area contributed by atoms with Gasteiger partial charge in [0.2, 0.25) is 5.78 Å². The summed E-state index contributed by atoms with van der Waals surface area (Å²) in [6.07, 6.45) is 1.93. The molecule has 0 amide bonds. The van der Waals surface area contributed by atoms with Gasteiger partial charge in [0.1, 0.15) is 0 Å². The molecule has 2 aromatic rings. The molecule has 0 aromatic carbocycles. The number of Topliss-reactive ketones (excluding diaryl/α,β-unsaturated/α-hetero) is 1. The lowest BCUT2D eigenvalue weighted by Crippen LogP contribution is -2.54. The van der Waals surface area contributed by atoms with Crippen LogP contribution >= 0.6 is 11.3 Å². The van der Waals surface area contributed by atoms with Crippen molar-refractivity contribution in [1.82, 2.24) is 10.3 Å². The highest BCUT2D eigenvalue weighted by Gasteiger charge is 2.42. The number of hydrogen-bond acceptors (Lipinski definition) is 7.